The summed E-state index contributed by atoms with van der Waals surface area (Å²) in [5.41, 5.74) is 2.89. The highest BCUT2D eigenvalue weighted by atomic mass is 16.4. The van der Waals surface area contributed by atoms with E-state index in [1.54, 1.807) is 31.6 Å². The molecule has 0 aliphatic rings. The molecule has 0 spiro atoms. The van der Waals surface area contributed by atoms with Crippen molar-refractivity contribution in [3.05, 3.63) is 60.3 Å². The number of aromatic carboxylic acids is 1. The van der Waals surface area contributed by atoms with Crippen molar-refractivity contribution >= 4 is 17.6 Å². The van der Waals surface area contributed by atoms with Crippen LogP contribution in [0.15, 0.2) is 49.1 Å². The van der Waals surface area contributed by atoms with Crippen molar-refractivity contribution in [3.63, 3.8) is 0 Å². The van der Waals surface area contributed by atoms with Crippen LogP contribution in [-0.2, 0) is 0 Å². The van der Waals surface area contributed by atoms with Crippen LogP contribution in [0.5, 0.6) is 0 Å². The lowest BCUT2D eigenvalue weighted by Gasteiger charge is -2.09. The number of hydrogen-bond acceptors (Lipinski definition) is 6. The monoisotopic (exact) mass is 307 g/mol. The van der Waals surface area contributed by atoms with Crippen LogP contribution in [-0.4, -0.2) is 31.0 Å². The lowest BCUT2D eigenvalue weighted by Crippen LogP contribution is -2.04. The first-order valence-corrected chi connectivity index (χ1v) is 6.84. The van der Waals surface area contributed by atoms with E-state index in [-0.39, 0.29) is 5.56 Å². The van der Waals surface area contributed by atoms with Gasteiger partial charge in [-0.25, -0.2) is 14.8 Å². The Morgan fingerprint density at radius 1 is 1.17 bits per heavy atom. The first-order valence-electron chi connectivity index (χ1n) is 6.84. The Labute approximate surface area is 132 Å². The summed E-state index contributed by atoms with van der Waals surface area (Å²) in [5, 5.41) is 12.1. The number of rotatable bonds is 4. The molecule has 7 nitrogen and oxygen atoms in total. The van der Waals surface area contributed by atoms with Gasteiger partial charge in [-0.05, 0) is 31.2 Å². The molecule has 114 valence electrons. The van der Waals surface area contributed by atoms with E-state index >= 15 is 0 Å². The summed E-state index contributed by atoms with van der Waals surface area (Å²) in [7, 11) is 0. The van der Waals surface area contributed by atoms with Gasteiger partial charge in [0.1, 0.15) is 0 Å². The molecule has 0 fully saturated rings. The van der Waals surface area contributed by atoms with Crippen LogP contribution in [0.1, 0.15) is 16.1 Å². The minimum atomic E-state index is -1.04. The molecule has 2 N–H and O–H groups in total. The van der Waals surface area contributed by atoms with E-state index in [0.717, 1.165) is 11.3 Å². The highest BCUT2D eigenvalue weighted by molar-refractivity contribution is 5.88. The second kappa shape index (κ2) is 6.18. The third-order valence-corrected chi connectivity index (χ3v) is 3.19. The molecule has 3 rings (SSSR count). The predicted molar refractivity (Wildman–Crippen MR) is 84.5 cm³/mol. The molecule has 0 unspecified atom stereocenters. The lowest BCUT2D eigenvalue weighted by atomic mass is 10.2. The highest BCUT2D eigenvalue weighted by Crippen LogP contribution is 2.20. The summed E-state index contributed by atoms with van der Waals surface area (Å²) in [4.78, 5) is 27.8. The van der Waals surface area contributed by atoms with Gasteiger partial charge in [0.05, 0.1) is 22.6 Å². The summed E-state index contributed by atoms with van der Waals surface area (Å²) in [6, 6.07) is 7.01. The van der Waals surface area contributed by atoms with E-state index in [0.29, 0.717) is 17.3 Å². The highest BCUT2D eigenvalue weighted by Gasteiger charge is 2.09. The molecular formula is C16H13N5O2. The first kappa shape index (κ1) is 14.6. The van der Waals surface area contributed by atoms with Crippen molar-refractivity contribution in [2.24, 2.45) is 0 Å². The zero-order valence-corrected chi connectivity index (χ0v) is 12.3. The minimum absolute atomic E-state index is 0.0986. The zero-order valence-electron chi connectivity index (χ0n) is 12.3. The van der Waals surface area contributed by atoms with Crippen molar-refractivity contribution in [1.82, 2.24) is 19.9 Å². The first-order chi connectivity index (χ1) is 11.1. The normalized spacial score (nSPS) is 10.3. The number of aryl methyl sites for hydroxylation is 1. The minimum Gasteiger partial charge on any atom is -0.478 e. The van der Waals surface area contributed by atoms with Crippen LogP contribution in [0.4, 0.5) is 11.6 Å². The lowest BCUT2D eigenvalue weighted by molar-refractivity contribution is 0.0696. The maximum atomic E-state index is 11.1. The number of carboxylic acid groups (broad SMARTS) is 1. The fourth-order valence-electron chi connectivity index (χ4n) is 1.99. The van der Waals surface area contributed by atoms with Crippen LogP contribution >= 0.6 is 0 Å². The van der Waals surface area contributed by atoms with Gasteiger partial charge >= 0.3 is 5.97 Å². The van der Waals surface area contributed by atoms with Crippen LogP contribution in [0.25, 0.3) is 11.3 Å². The van der Waals surface area contributed by atoms with Gasteiger partial charge in [0, 0.05) is 30.4 Å². The summed E-state index contributed by atoms with van der Waals surface area (Å²) in [6.07, 6.45) is 6.34. The molecule has 3 aromatic rings. The number of nitrogens with one attached hydrogen (secondary N) is 1. The van der Waals surface area contributed by atoms with Crippen LogP contribution in [0, 0.1) is 6.92 Å². The van der Waals surface area contributed by atoms with Crippen LogP contribution in [0.2, 0.25) is 0 Å². The molecule has 3 aromatic heterocycles. The second-order valence-corrected chi connectivity index (χ2v) is 4.79. The molecule has 3 heterocycles. The van der Waals surface area contributed by atoms with Crippen molar-refractivity contribution in [3.8, 4) is 11.3 Å². The van der Waals surface area contributed by atoms with Gasteiger partial charge in [0.25, 0.3) is 0 Å². The van der Waals surface area contributed by atoms with Crippen molar-refractivity contribution < 1.29 is 9.90 Å². The fourth-order valence-corrected chi connectivity index (χ4v) is 1.99. The molecule has 0 aromatic carbocycles. The van der Waals surface area contributed by atoms with E-state index in [1.165, 1.54) is 12.3 Å². The molecule has 0 atom stereocenters. The number of nitrogens with zero attached hydrogens (tertiary/aromatic N) is 4. The SMILES string of the molecule is Cc1ncc(C(=O)O)cc1Nc1nccc(-c2cccnc2)n1. The zero-order chi connectivity index (χ0) is 16.2. The molecule has 0 aliphatic carbocycles. The van der Waals surface area contributed by atoms with Crippen molar-refractivity contribution in [1.29, 1.82) is 0 Å². The number of carboxylic acids is 1. The van der Waals surface area contributed by atoms with Crippen molar-refractivity contribution in [2.45, 2.75) is 6.92 Å². The average Bonchev–Trinajstić information content (AvgIpc) is 2.58. The Balaban J connectivity index is 1.92. The van der Waals surface area contributed by atoms with Gasteiger partial charge in [-0.3, -0.25) is 9.97 Å². The third-order valence-electron chi connectivity index (χ3n) is 3.19. The van der Waals surface area contributed by atoms with Gasteiger partial charge in [-0.2, -0.15) is 0 Å². The standard InChI is InChI=1S/C16H13N5O2/c1-10-14(7-12(9-19-10)15(22)23)21-16-18-6-4-13(20-16)11-3-2-5-17-8-11/h2-9H,1H3,(H,22,23)(H,18,20,21). The second-order valence-electron chi connectivity index (χ2n) is 4.79. The number of aromatic nitrogens is 4. The van der Waals surface area contributed by atoms with Gasteiger partial charge in [-0.15, -0.1) is 0 Å². The average molecular weight is 307 g/mol. The van der Waals surface area contributed by atoms with Crippen molar-refractivity contribution in [2.75, 3.05) is 5.32 Å². The Bertz CT molecular complexity index is 852. The molecule has 0 amide bonds. The maximum absolute atomic E-state index is 11.1. The van der Waals surface area contributed by atoms with E-state index in [9.17, 15) is 4.79 Å². The smallest absolute Gasteiger partial charge is 0.337 e. The van der Waals surface area contributed by atoms with Gasteiger partial charge < -0.3 is 10.4 Å². The van der Waals surface area contributed by atoms with Gasteiger partial charge in [0.2, 0.25) is 5.95 Å². The topological polar surface area (TPSA) is 101 Å². The molecule has 23 heavy (non-hydrogen) atoms. The number of pyridine rings is 2. The predicted octanol–water partition coefficient (Wildman–Crippen LogP) is 2.68. The molecule has 0 saturated carbocycles. The number of hydrogen-bond donors (Lipinski definition) is 2. The Morgan fingerprint density at radius 3 is 2.78 bits per heavy atom. The summed E-state index contributed by atoms with van der Waals surface area (Å²) < 4.78 is 0. The Morgan fingerprint density at radius 2 is 2.04 bits per heavy atom. The molecule has 0 bridgehead atoms. The number of anilines is 2. The van der Waals surface area contributed by atoms with E-state index in [4.69, 9.17) is 5.11 Å². The fraction of sp³-hybridized carbons (Fsp3) is 0.0625. The quantitative estimate of drug-likeness (QED) is 0.764. The Hall–Kier alpha value is -3.35. The van der Waals surface area contributed by atoms with E-state index < -0.39 is 5.97 Å². The largest absolute Gasteiger partial charge is 0.478 e. The van der Waals surface area contributed by atoms with Gasteiger partial charge in [0.15, 0.2) is 0 Å². The molecular weight excluding hydrogens is 294 g/mol. The summed E-state index contributed by atoms with van der Waals surface area (Å²) in [5.74, 6) is -0.677. The summed E-state index contributed by atoms with van der Waals surface area (Å²) >= 11 is 0. The number of carbonyl (C=O) groups is 1. The van der Waals surface area contributed by atoms with E-state index in [1.807, 2.05) is 12.1 Å². The maximum Gasteiger partial charge on any atom is 0.337 e. The van der Waals surface area contributed by atoms with Gasteiger partial charge in [-0.1, -0.05) is 0 Å². The third kappa shape index (κ3) is 3.29. The molecule has 7 heteroatoms. The Kier molecular flexibility index (Phi) is 3.92. The van der Waals surface area contributed by atoms with Crippen LogP contribution in [0.3, 0.4) is 0 Å². The van der Waals surface area contributed by atoms with E-state index in [2.05, 4.69) is 25.3 Å². The molecule has 0 radical (unpaired) electrons. The van der Waals surface area contributed by atoms with Crippen LogP contribution < -0.4 is 5.32 Å². The molecule has 0 saturated heterocycles. The summed E-state index contributed by atoms with van der Waals surface area (Å²) in [6.45, 7) is 1.78. The molecule has 0 aliphatic heterocycles.